The van der Waals surface area contributed by atoms with Crippen molar-refractivity contribution in [1.82, 2.24) is 4.90 Å². The Hall–Kier alpha value is -0.925. The van der Waals surface area contributed by atoms with Crippen LogP contribution in [0, 0.1) is 0 Å². The minimum Gasteiger partial charge on any atom is -0.444 e. The molecule has 0 spiro atoms. The summed E-state index contributed by atoms with van der Waals surface area (Å²) in [5.41, 5.74) is 0.956. The molecule has 1 aliphatic heterocycles. The van der Waals surface area contributed by atoms with Crippen molar-refractivity contribution < 1.29 is 9.53 Å². The average Bonchev–Trinajstić information content (AvgIpc) is 2.02. The van der Waals surface area contributed by atoms with Crippen molar-refractivity contribution >= 4 is 13.9 Å². The Bertz CT molecular complexity index is 255. The maximum absolute atomic E-state index is 11.6. The first-order valence-electron chi connectivity index (χ1n) is 5.02. The Kier molecular flexibility index (Phi) is 3.24. The van der Waals surface area contributed by atoms with Gasteiger partial charge in [0.25, 0.3) is 0 Å². The lowest BCUT2D eigenvalue weighted by Gasteiger charge is -2.29. The van der Waals surface area contributed by atoms with Crippen molar-refractivity contribution in [1.29, 1.82) is 0 Å². The number of rotatable bonds is 0. The zero-order valence-corrected chi connectivity index (χ0v) is 9.46. The monoisotopic (exact) mass is 195 g/mol. The molecule has 0 N–H and O–H groups in total. The molecule has 1 rings (SSSR count). The fraction of sp³-hybridized carbons (Fsp3) is 0.700. The molecular weight excluding hydrogens is 177 g/mol. The van der Waals surface area contributed by atoms with Gasteiger partial charge in [-0.05, 0) is 27.2 Å². The Morgan fingerprint density at radius 1 is 1.57 bits per heavy atom. The lowest BCUT2D eigenvalue weighted by Crippen LogP contribution is -2.39. The number of carbonyl (C=O) groups is 1. The van der Waals surface area contributed by atoms with Crippen LogP contribution >= 0.6 is 0 Å². The first-order chi connectivity index (χ1) is 6.38. The molecule has 3 nitrogen and oxygen atoms in total. The van der Waals surface area contributed by atoms with Gasteiger partial charge < -0.3 is 9.64 Å². The van der Waals surface area contributed by atoms with E-state index in [1.165, 1.54) is 5.47 Å². The van der Waals surface area contributed by atoms with E-state index in [1.54, 1.807) is 4.90 Å². The molecule has 0 atom stereocenters. The van der Waals surface area contributed by atoms with E-state index in [-0.39, 0.29) is 6.09 Å². The van der Waals surface area contributed by atoms with E-state index < -0.39 is 5.60 Å². The summed E-state index contributed by atoms with van der Waals surface area (Å²) in [7, 11) is 2.09. The fourth-order valence-corrected chi connectivity index (χ4v) is 1.26. The van der Waals surface area contributed by atoms with Crippen LogP contribution in [0.3, 0.4) is 0 Å². The van der Waals surface area contributed by atoms with Gasteiger partial charge in [0, 0.05) is 13.1 Å². The summed E-state index contributed by atoms with van der Waals surface area (Å²) in [5.74, 6) is 0. The van der Waals surface area contributed by atoms with Gasteiger partial charge in [0.15, 0.2) is 0 Å². The van der Waals surface area contributed by atoms with Gasteiger partial charge in [-0.25, -0.2) is 4.79 Å². The molecule has 1 amide bonds. The molecule has 0 saturated carbocycles. The lowest BCUT2D eigenvalue weighted by molar-refractivity contribution is 0.0267. The normalized spacial score (nSPS) is 17.6. The van der Waals surface area contributed by atoms with Crippen LogP contribution in [0.1, 0.15) is 27.2 Å². The Labute approximate surface area is 86.5 Å². The molecule has 0 aromatic carbocycles. The van der Waals surface area contributed by atoms with Gasteiger partial charge in [0.2, 0.25) is 0 Å². The van der Waals surface area contributed by atoms with Crippen molar-refractivity contribution in [2.75, 3.05) is 13.1 Å². The van der Waals surface area contributed by atoms with Crippen molar-refractivity contribution in [3.05, 3.63) is 11.5 Å². The summed E-state index contributed by atoms with van der Waals surface area (Å²) >= 11 is 0. The Morgan fingerprint density at radius 2 is 2.21 bits per heavy atom. The summed E-state index contributed by atoms with van der Waals surface area (Å²) in [5, 5.41) is 0. The van der Waals surface area contributed by atoms with Crippen LogP contribution in [0.25, 0.3) is 0 Å². The summed E-state index contributed by atoms with van der Waals surface area (Å²) in [6.07, 6.45) is 2.83. The highest BCUT2D eigenvalue weighted by molar-refractivity contribution is 6.21. The second kappa shape index (κ2) is 4.07. The number of carbonyl (C=O) groups excluding carboxylic acids is 1. The Balaban J connectivity index is 2.47. The average molecular weight is 195 g/mol. The number of ether oxygens (including phenoxy) is 1. The fourth-order valence-electron chi connectivity index (χ4n) is 1.26. The number of hydrogen-bond acceptors (Lipinski definition) is 2. The van der Waals surface area contributed by atoms with E-state index in [0.717, 1.165) is 13.0 Å². The van der Waals surface area contributed by atoms with Crippen LogP contribution in [-0.2, 0) is 4.74 Å². The molecule has 0 saturated heterocycles. The topological polar surface area (TPSA) is 29.5 Å². The Morgan fingerprint density at radius 3 is 2.64 bits per heavy atom. The van der Waals surface area contributed by atoms with Crippen molar-refractivity contribution in [2.45, 2.75) is 32.8 Å². The minimum atomic E-state index is -0.396. The molecule has 1 heterocycles. The van der Waals surface area contributed by atoms with Crippen LogP contribution in [0.2, 0.25) is 0 Å². The third-order valence-electron chi connectivity index (χ3n) is 2.09. The molecule has 0 fully saturated rings. The first-order valence-corrected chi connectivity index (χ1v) is 5.02. The van der Waals surface area contributed by atoms with E-state index in [1.807, 2.05) is 20.8 Å². The van der Waals surface area contributed by atoms with Crippen LogP contribution in [0.15, 0.2) is 11.5 Å². The van der Waals surface area contributed by atoms with Crippen molar-refractivity contribution in [3.8, 4) is 0 Å². The third-order valence-corrected chi connectivity index (χ3v) is 2.09. The highest BCUT2D eigenvalue weighted by atomic mass is 16.6. The molecule has 78 valence electrons. The molecular formula is C10H18BNO2. The highest BCUT2D eigenvalue weighted by Gasteiger charge is 2.22. The molecule has 0 aliphatic carbocycles. The molecule has 0 radical (unpaired) electrons. The lowest BCUT2D eigenvalue weighted by atomic mass is 9.90. The first kappa shape index (κ1) is 11.2. The van der Waals surface area contributed by atoms with E-state index >= 15 is 0 Å². The van der Waals surface area contributed by atoms with Gasteiger partial charge in [0.05, 0.1) is 0 Å². The van der Waals surface area contributed by atoms with Gasteiger partial charge in [0.1, 0.15) is 13.4 Å². The van der Waals surface area contributed by atoms with E-state index in [9.17, 15) is 4.79 Å². The van der Waals surface area contributed by atoms with E-state index in [0.29, 0.717) is 6.54 Å². The van der Waals surface area contributed by atoms with Crippen LogP contribution < -0.4 is 0 Å². The largest absolute Gasteiger partial charge is 0.444 e. The smallest absolute Gasteiger partial charge is 0.410 e. The molecule has 0 aromatic heterocycles. The second-order valence-corrected chi connectivity index (χ2v) is 4.73. The summed E-state index contributed by atoms with van der Waals surface area (Å²) in [6, 6.07) is 0. The van der Waals surface area contributed by atoms with E-state index in [4.69, 9.17) is 4.74 Å². The van der Waals surface area contributed by atoms with Crippen LogP contribution in [0.4, 0.5) is 4.79 Å². The molecule has 14 heavy (non-hydrogen) atoms. The third kappa shape index (κ3) is 3.44. The summed E-state index contributed by atoms with van der Waals surface area (Å²) in [4.78, 5) is 13.3. The SMILES string of the molecule is BC1=CCN(C(=O)OC(C)(C)C)CC1. The quantitative estimate of drug-likeness (QED) is 0.542. The predicted molar refractivity (Wildman–Crippen MR) is 59.1 cm³/mol. The number of nitrogens with zero attached hydrogens (tertiary/aromatic N) is 1. The van der Waals surface area contributed by atoms with Crippen LogP contribution in [-0.4, -0.2) is 37.5 Å². The molecule has 0 unspecified atom stereocenters. The number of amides is 1. The van der Waals surface area contributed by atoms with Crippen molar-refractivity contribution in [3.63, 3.8) is 0 Å². The van der Waals surface area contributed by atoms with Gasteiger partial charge in [-0.1, -0.05) is 6.08 Å². The highest BCUT2D eigenvalue weighted by Crippen LogP contribution is 2.13. The maximum atomic E-state index is 11.6. The zero-order chi connectivity index (χ0) is 10.8. The molecule has 1 aliphatic rings. The maximum Gasteiger partial charge on any atom is 0.410 e. The molecule has 0 aromatic rings. The number of hydrogen-bond donors (Lipinski definition) is 0. The van der Waals surface area contributed by atoms with E-state index in [2.05, 4.69) is 13.9 Å². The summed E-state index contributed by atoms with van der Waals surface area (Å²) in [6.45, 7) is 7.11. The van der Waals surface area contributed by atoms with Gasteiger partial charge >= 0.3 is 6.09 Å². The van der Waals surface area contributed by atoms with Gasteiger partial charge in [-0.15, -0.1) is 5.47 Å². The minimum absolute atomic E-state index is 0.207. The van der Waals surface area contributed by atoms with Crippen LogP contribution in [0.5, 0.6) is 0 Å². The van der Waals surface area contributed by atoms with Gasteiger partial charge in [-0.3, -0.25) is 0 Å². The second-order valence-electron chi connectivity index (χ2n) is 4.73. The standard InChI is InChI=1S/C10H18BNO2/c1-10(2,3)14-9(13)12-6-4-8(11)5-7-12/h4H,5-7,11H2,1-3H3. The molecule has 0 bridgehead atoms. The summed E-state index contributed by atoms with van der Waals surface area (Å²) < 4.78 is 5.27. The predicted octanol–water partition coefficient (Wildman–Crippen LogP) is 1.14. The molecule has 4 heteroatoms. The zero-order valence-electron chi connectivity index (χ0n) is 9.46. The van der Waals surface area contributed by atoms with Crippen molar-refractivity contribution in [2.24, 2.45) is 0 Å². The van der Waals surface area contributed by atoms with Gasteiger partial charge in [-0.2, -0.15) is 0 Å².